The third-order valence-electron chi connectivity index (χ3n) is 7.05. The van der Waals surface area contributed by atoms with Crippen molar-refractivity contribution in [2.24, 2.45) is 0 Å². The SMILES string of the molecule is COc1cc2c(O[C@H]3OC[C@H](OC)[C@@H](O)[C@H]3O)c3c(c(-c4ccc5c(c4)OCO5)c2cc1OC)C(=O)OC3. The molecule has 3 aromatic rings. The largest absolute Gasteiger partial charge is 0.493 e. The molecule has 0 bridgehead atoms. The summed E-state index contributed by atoms with van der Waals surface area (Å²) in [7, 11) is 4.45. The molecular weight excluding hydrogens is 500 g/mol. The van der Waals surface area contributed by atoms with Crippen LogP contribution in [0.15, 0.2) is 30.3 Å². The zero-order chi connectivity index (χ0) is 26.6. The van der Waals surface area contributed by atoms with Crippen LogP contribution in [0.5, 0.6) is 28.7 Å². The molecule has 11 heteroatoms. The molecule has 0 unspecified atom stereocenters. The molecule has 11 nitrogen and oxygen atoms in total. The van der Waals surface area contributed by atoms with Gasteiger partial charge in [-0.1, -0.05) is 6.07 Å². The normalized spacial score (nSPS) is 23.8. The fraction of sp³-hybridized carbons (Fsp3) is 0.370. The second-order valence-electron chi connectivity index (χ2n) is 9.03. The van der Waals surface area contributed by atoms with Crippen molar-refractivity contribution in [1.82, 2.24) is 0 Å². The highest BCUT2D eigenvalue weighted by Gasteiger charge is 2.42. The summed E-state index contributed by atoms with van der Waals surface area (Å²) >= 11 is 0. The topological polar surface area (TPSA) is 131 Å². The Morgan fingerprint density at radius 2 is 1.61 bits per heavy atom. The number of carbonyl (C=O) groups is 1. The third kappa shape index (κ3) is 3.78. The molecule has 0 saturated carbocycles. The lowest BCUT2D eigenvalue weighted by Crippen LogP contribution is -2.55. The summed E-state index contributed by atoms with van der Waals surface area (Å²) in [4.78, 5) is 13.1. The number of ether oxygens (including phenoxy) is 8. The number of benzene rings is 3. The molecule has 1 fully saturated rings. The monoisotopic (exact) mass is 526 g/mol. The average molecular weight is 526 g/mol. The zero-order valence-electron chi connectivity index (χ0n) is 20.9. The van der Waals surface area contributed by atoms with Crippen molar-refractivity contribution in [3.8, 4) is 39.9 Å². The van der Waals surface area contributed by atoms with E-state index in [-0.39, 0.29) is 25.8 Å². The molecule has 4 atom stereocenters. The molecule has 0 radical (unpaired) electrons. The molecule has 6 rings (SSSR count). The van der Waals surface area contributed by atoms with Crippen molar-refractivity contribution in [1.29, 1.82) is 0 Å². The summed E-state index contributed by atoms with van der Waals surface area (Å²) in [5, 5.41) is 22.4. The van der Waals surface area contributed by atoms with E-state index in [4.69, 9.17) is 37.9 Å². The number of fused-ring (bicyclic) bond motifs is 3. The predicted octanol–water partition coefficient (Wildman–Crippen LogP) is 2.40. The van der Waals surface area contributed by atoms with Crippen molar-refractivity contribution >= 4 is 16.7 Å². The lowest BCUT2D eigenvalue weighted by Gasteiger charge is -2.37. The number of cyclic esters (lactones) is 1. The number of rotatable bonds is 6. The first-order valence-corrected chi connectivity index (χ1v) is 11.9. The molecule has 3 aromatic carbocycles. The van der Waals surface area contributed by atoms with Gasteiger partial charge in [-0.05, 0) is 35.2 Å². The molecule has 3 aliphatic rings. The van der Waals surface area contributed by atoms with Crippen LogP contribution < -0.4 is 23.7 Å². The highest BCUT2D eigenvalue weighted by atomic mass is 16.7. The predicted molar refractivity (Wildman–Crippen MR) is 131 cm³/mol. The van der Waals surface area contributed by atoms with Crippen LogP contribution in [0, 0.1) is 0 Å². The highest BCUT2D eigenvalue weighted by Crippen LogP contribution is 2.49. The molecular formula is C27H26O11. The Morgan fingerprint density at radius 3 is 2.34 bits per heavy atom. The molecule has 3 aliphatic heterocycles. The van der Waals surface area contributed by atoms with Gasteiger partial charge in [0.1, 0.15) is 30.7 Å². The lowest BCUT2D eigenvalue weighted by atomic mass is 9.89. The van der Waals surface area contributed by atoms with Crippen LogP contribution in [0.1, 0.15) is 15.9 Å². The minimum absolute atomic E-state index is 0.00136. The van der Waals surface area contributed by atoms with Crippen molar-refractivity contribution in [3.05, 3.63) is 41.5 Å². The first-order chi connectivity index (χ1) is 18.4. The second-order valence-corrected chi connectivity index (χ2v) is 9.03. The standard InChI is InChI=1S/C27H26O11/c1-31-17-7-13-14(8-18(17)32-2)25(38-27-24(29)23(28)20(33-3)10-35-27)15-9-34-26(30)22(15)21(13)12-4-5-16-19(6-12)37-11-36-16/h4-8,20,23-24,27-29H,9-11H2,1-3H3/t20-,23+,24+,27+/m0/s1. The molecule has 38 heavy (non-hydrogen) atoms. The van der Waals surface area contributed by atoms with Crippen molar-refractivity contribution in [2.75, 3.05) is 34.7 Å². The molecule has 200 valence electrons. The number of hydrogen-bond acceptors (Lipinski definition) is 11. The number of aliphatic hydroxyl groups excluding tert-OH is 2. The van der Waals surface area contributed by atoms with Crippen molar-refractivity contribution in [2.45, 2.75) is 31.2 Å². The van der Waals surface area contributed by atoms with Gasteiger partial charge in [0.25, 0.3) is 0 Å². The van der Waals surface area contributed by atoms with Crippen molar-refractivity contribution in [3.63, 3.8) is 0 Å². The van der Waals surface area contributed by atoms with E-state index < -0.39 is 30.6 Å². The molecule has 0 aromatic heterocycles. The number of esters is 1. The Bertz CT molecular complexity index is 1420. The maximum atomic E-state index is 13.1. The summed E-state index contributed by atoms with van der Waals surface area (Å²) in [5.74, 6) is 1.75. The Kier molecular flexibility index (Phi) is 6.15. The van der Waals surface area contributed by atoms with E-state index in [0.29, 0.717) is 56.0 Å². The minimum atomic E-state index is -1.41. The fourth-order valence-corrected chi connectivity index (χ4v) is 5.09. The van der Waals surface area contributed by atoms with Gasteiger partial charge in [-0.25, -0.2) is 4.79 Å². The van der Waals surface area contributed by atoms with Crippen LogP contribution in [0.4, 0.5) is 0 Å². The van der Waals surface area contributed by atoms with Gasteiger partial charge in [0.15, 0.2) is 23.0 Å². The van der Waals surface area contributed by atoms with Crippen LogP contribution in [0.3, 0.4) is 0 Å². The summed E-state index contributed by atoms with van der Waals surface area (Å²) in [5.41, 5.74) is 2.06. The molecule has 0 aliphatic carbocycles. The van der Waals surface area contributed by atoms with Crippen LogP contribution in [0.2, 0.25) is 0 Å². The van der Waals surface area contributed by atoms with Gasteiger partial charge < -0.3 is 48.1 Å². The van der Waals surface area contributed by atoms with Gasteiger partial charge in [0.2, 0.25) is 13.1 Å². The Hall–Kier alpha value is -3.77. The second kappa shape index (κ2) is 9.52. The van der Waals surface area contributed by atoms with E-state index in [1.807, 2.05) is 6.07 Å². The van der Waals surface area contributed by atoms with Gasteiger partial charge in [0.05, 0.1) is 26.4 Å². The third-order valence-corrected chi connectivity index (χ3v) is 7.05. The zero-order valence-corrected chi connectivity index (χ0v) is 20.9. The van der Waals surface area contributed by atoms with E-state index in [1.54, 1.807) is 24.3 Å². The maximum absolute atomic E-state index is 13.1. The van der Waals surface area contributed by atoms with E-state index >= 15 is 0 Å². The number of hydrogen-bond donors (Lipinski definition) is 2. The highest BCUT2D eigenvalue weighted by molar-refractivity contribution is 6.14. The van der Waals surface area contributed by atoms with E-state index in [2.05, 4.69) is 0 Å². The molecule has 0 spiro atoms. The van der Waals surface area contributed by atoms with E-state index in [0.717, 1.165) is 0 Å². The molecule has 3 heterocycles. The number of carbonyl (C=O) groups excluding carboxylic acids is 1. The number of aliphatic hydroxyl groups is 2. The molecule has 2 N–H and O–H groups in total. The van der Waals surface area contributed by atoms with E-state index in [1.165, 1.54) is 21.3 Å². The van der Waals surface area contributed by atoms with Crippen LogP contribution in [0.25, 0.3) is 21.9 Å². The molecule has 1 saturated heterocycles. The Labute approximate surface area is 217 Å². The average Bonchev–Trinajstić information content (AvgIpc) is 3.56. The smallest absolute Gasteiger partial charge is 0.339 e. The van der Waals surface area contributed by atoms with Crippen LogP contribution >= 0.6 is 0 Å². The Morgan fingerprint density at radius 1 is 0.868 bits per heavy atom. The van der Waals surface area contributed by atoms with Crippen LogP contribution in [-0.4, -0.2) is 75.5 Å². The Balaban J connectivity index is 1.58. The summed E-state index contributed by atoms with van der Waals surface area (Å²) < 4.78 is 44.7. The molecule has 0 amide bonds. The lowest BCUT2D eigenvalue weighted by molar-refractivity contribution is -0.246. The first-order valence-electron chi connectivity index (χ1n) is 11.9. The quantitative estimate of drug-likeness (QED) is 0.459. The minimum Gasteiger partial charge on any atom is -0.493 e. The van der Waals surface area contributed by atoms with Gasteiger partial charge >= 0.3 is 5.97 Å². The fourth-order valence-electron chi connectivity index (χ4n) is 5.09. The van der Waals surface area contributed by atoms with Gasteiger partial charge in [0, 0.05) is 23.6 Å². The number of methoxy groups -OCH3 is 3. The summed E-state index contributed by atoms with van der Waals surface area (Å²) in [6.45, 7) is 0.0513. The van der Waals surface area contributed by atoms with Crippen LogP contribution in [-0.2, 0) is 20.8 Å². The van der Waals surface area contributed by atoms with Gasteiger partial charge in [-0.2, -0.15) is 0 Å². The van der Waals surface area contributed by atoms with Gasteiger partial charge in [-0.15, -0.1) is 0 Å². The first kappa shape index (κ1) is 24.6. The van der Waals surface area contributed by atoms with E-state index in [9.17, 15) is 15.0 Å². The van der Waals surface area contributed by atoms with Gasteiger partial charge in [-0.3, -0.25) is 0 Å². The van der Waals surface area contributed by atoms with Crippen molar-refractivity contribution < 1.29 is 52.9 Å². The summed E-state index contributed by atoms with van der Waals surface area (Å²) in [6, 6.07) is 8.89. The maximum Gasteiger partial charge on any atom is 0.339 e. The summed E-state index contributed by atoms with van der Waals surface area (Å²) in [6.07, 6.45) is -4.59.